The van der Waals surface area contributed by atoms with Gasteiger partial charge in [0.1, 0.15) is 5.75 Å². The van der Waals surface area contributed by atoms with Gasteiger partial charge >= 0.3 is 0 Å². The highest BCUT2D eigenvalue weighted by Crippen LogP contribution is 2.17. The standard InChI is InChI=1S/C10H13N3O3/c1-6-2-3-7(4-8(6)14)10(15)12-5-9(11)13-16/h2-4,14,16H,5H2,1H3,(H2,11,13)(H,12,15). The van der Waals surface area contributed by atoms with E-state index in [1.165, 1.54) is 6.07 Å². The number of phenolic OH excluding ortho intramolecular Hbond substituents is 1. The van der Waals surface area contributed by atoms with Crippen molar-refractivity contribution in [3.05, 3.63) is 29.3 Å². The fraction of sp³-hybridized carbons (Fsp3) is 0.200. The molecule has 86 valence electrons. The van der Waals surface area contributed by atoms with Crippen molar-refractivity contribution < 1.29 is 15.1 Å². The minimum absolute atomic E-state index is 0.0516. The molecular weight excluding hydrogens is 210 g/mol. The second-order valence-corrected chi connectivity index (χ2v) is 3.28. The molecule has 0 unspecified atom stereocenters. The van der Waals surface area contributed by atoms with Crippen molar-refractivity contribution in [2.45, 2.75) is 6.92 Å². The first kappa shape index (κ1) is 11.8. The maximum atomic E-state index is 11.5. The zero-order chi connectivity index (χ0) is 12.1. The van der Waals surface area contributed by atoms with E-state index in [0.717, 1.165) is 0 Å². The number of hydrogen-bond donors (Lipinski definition) is 4. The van der Waals surface area contributed by atoms with Crippen molar-refractivity contribution in [1.82, 2.24) is 5.32 Å². The molecular formula is C10H13N3O3. The first-order chi connectivity index (χ1) is 7.54. The largest absolute Gasteiger partial charge is 0.508 e. The summed E-state index contributed by atoms with van der Waals surface area (Å²) in [4.78, 5) is 11.5. The number of aryl methyl sites for hydroxylation is 1. The van der Waals surface area contributed by atoms with Crippen molar-refractivity contribution in [3.63, 3.8) is 0 Å². The number of aromatic hydroxyl groups is 1. The van der Waals surface area contributed by atoms with Crippen molar-refractivity contribution in [2.24, 2.45) is 10.9 Å². The minimum Gasteiger partial charge on any atom is -0.508 e. The minimum atomic E-state index is -0.401. The van der Waals surface area contributed by atoms with Crippen LogP contribution in [0, 0.1) is 6.92 Å². The summed E-state index contributed by atoms with van der Waals surface area (Å²) < 4.78 is 0. The summed E-state index contributed by atoms with van der Waals surface area (Å²) >= 11 is 0. The zero-order valence-electron chi connectivity index (χ0n) is 8.77. The molecule has 16 heavy (non-hydrogen) atoms. The Kier molecular flexibility index (Phi) is 3.71. The predicted octanol–water partition coefficient (Wildman–Crippen LogP) is 0.177. The lowest BCUT2D eigenvalue weighted by atomic mass is 10.1. The Bertz CT molecular complexity index is 429. The van der Waals surface area contributed by atoms with Gasteiger partial charge in [-0.3, -0.25) is 4.79 Å². The summed E-state index contributed by atoms with van der Waals surface area (Å²) in [5, 5.41) is 22.8. The van der Waals surface area contributed by atoms with Crippen LogP contribution < -0.4 is 11.1 Å². The van der Waals surface area contributed by atoms with Crippen LogP contribution in [-0.2, 0) is 0 Å². The van der Waals surface area contributed by atoms with E-state index in [1.807, 2.05) is 0 Å². The summed E-state index contributed by atoms with van der Waals surface area (Å²) in [6.45, 7) is 1.68. The number of nitrogens with one attached hydrogen (secondary N) is 1. The molecule has 0 saturated heterocycles. The van der Waals surface area contributed by atoms with Crippen LogP contribution in [0.3, 0.4) is 0 Å². The average molecular weight is 223 g/mol. The first-order valence-electron chi connectivity index (χ1n) is 4.59. The highest BCUT2D eigenvalue weighted by Gasteiger charge is 2.07. The number of nitrogens with zero attached hydrogens (tertiary/aromatic N) is 1. The van der Waals surface area contributed by atoms with Gasteiger partial charge in [-0.25, -0.2) is 0 Å². The van der Waals surface area contributed by atoms with Crippen molar-refractivity contribution in [2.75, 3.05) is 6.54 Å². The Labute approximate surface area is 92.4 Å². The van der Waals surface area contributed by atoms with Crippen molar-refractivity contribution >= 4 is 11.7 Å². The quantitative estimate of drug-likeness (QED) is 0.253. The van der Waals surface area contributed by atoms with Gasteiger partial charge in [0, 0.05) is 5.56 Å². The number of amides is 1. The van der Waals surface area contributed by atoms with E-state index in [2.05, 4.69) is 10.5 Å². The van der Waals surface area contributed by atoms with Gasteiger partial charge in [0.25, 0.3) is 5.91 Å². The molecule has 0 aliphatic heterocycles. The number of hydrogen-bond acceptors (Lipinski definition) is 4. The normalized spacial score (nSPS) is 11.2. The Morgan fingerprint density at radius 3 is 2.81 bits per heavy atom. The molecule has 0 radical (unpaired) electrons. The number of benzene rings is 1. The van der Waals surface area contributed by atoms with Gasteiger partial charge in [-0.1, -0.05) is 11.2 Å². The SMILES string of the molecule is Cc1ccc(C(=O)NC/C(N)=N/O)cc1O. The molecule has 0 aliphatic carbocycles. The van der Waals surface area contributed by atoms with E-state index in [9.17, 15) is 9.90 Å². The van der Waals surface area contributed by atoms with E-state index in [-0.39, 0.29) is 18.1 Å². The van der Waals surface area contributed by atoms with Crippen molar-refractivity contribution in [3.8, 4) is 5.75 Å². The number of rotatable bonds is 3. The van der Waals surface area contributed by atoms with Gasteiger partial charge < -0.3 is 21.4 Å². The lowest BCUT2D eigenvalue weighted by Gasteiger charge is -2.05. The summed E-state index contributed by atoms with van der Waals surface area (Å²) in [5.74, 6) is -0.442. The third-order valence-electron chi connectivity index (χ3n) is 2.03. The molecule has 5 N–H and O–H groups in total. The van der Waals surface area contributed by atoms with Crippen LogP contribution in [0.25, 0.3) is 0 Å². The molecule has 1 aromatic carbocycles. The Morgan fingerprint density at radius 2 is 2.25 bits per heavy atom. The molecule has 0 atom stereocenters. The van der Waals surface area contributed by atoms with Crippen LogP contribution >= 0.6 is 0 Å². The van der Waals surface area contributed by atoms with Crippen molar-refractivity contribution in [1.29, 1.82) is 0 Å². The summed E-state index contributed by atoms with van der Waals surface area (Å²) in [7, 11) is 0. The smallest absolute Gasteiger partial charge is 0.251 e. The Balaban J connectivity index is 2.70. The summed E-state index contributed by atoms with van der Waals surface area (Å²) in [6.07, 6.45) is 0. The number of nitrogens with two attached hydrogens (primary N) is 1. The second kappa shape index (κ2) is 5.01. The number of amidine groups is 1. The summed E-state index contributed by atoms with van der Waals surface area (Å²) in [5.41, 5.74) is 6.19. The molecule has 6 nitrogen and oxygen atoms in total. The van der Waals surface area contributed by atoms with E-state index in [1.54, 1.807) is 19.1 Å². The van der Waals surface area contributed by atoms with E-state index in [0.29, 0.717) is 11.1 Å². The van der Waals surface area contributed by atoms with Crippen LogP contribution in [-0.4, -0.2) is 28.6 Å². The fourth-order valence-corrected chi connectivity index (χ4v) is 1.06. The lowest BCUT2D eigenvalue weighted by Crippen LogP contribution is -2.33. The highest BCUT2D eigenvalue weighted by molar-refractivity contribution is 5.97. The van der Waals surface area contributed by atoms with Crippen LogP contribution in [0.5, 0.6) is 5.75 Å². The number of oxime groups is 1. The molecule has 0 bridgehead atoms. The topological polar surface area (TPSA) is 108 Å². The van der Waals surface area contributed by atoms with Gasteiger partial charge in [0.15, 0.2) is 5.84 Å². The molecule has 0 saturated carbocycles. The summed E-state index contributed by atoms with van der Waals surface area (Å²) in [6, 6.07) is 4.57. The molecule has 1 aromatic rings. The Hall–Kier alpha value is -2.24. The fourth-order valence-electron chi connectivity index (χ4n) is 1.06. The predicted molar refractivity (Wildman–Crippen MR) is 58.6 cm³/mol. The van der Waals surface area contributed by atoms with Crippen LogP contribution in [0.4, 0.5) is 0 Å². The molecule has 0 fully saturated rings. The molecule has 0 heterocycles. The second-order valence-electron chi connectivity index (χ2n) is 3.28. The van der Waals surface area contributed by atoms with E-state index in [4.69, 9.17) is 10.9 Å². The third kappa shape index (κ3) is 2.88. The van der Waals surface area contributed by atoms with Crippen LogP contribution in [0.15, 0.2) is 23.4 Å². The maximum Gasteiger partial charge on any atom is 0.251 e. The van der Waals surface area contributed by atoms with Gasteiger partial charge in [-0.05, 0) is 24.6 Å². The first-order valence-corrected chi connectivity index (χ1v) is 4.59. The molecule has 0 aliphatic rings. The van der Waals surface area contributed by atoms with E-state index >= 15 is 0 Å². The molecule has 6 heteroatoms. The zero-order valence-corrected chi connectivity index (χ0v) is 8.77. The number of phenols is 1. The lowest BCUT2D eigenvalue weighted by molar-refractivity contribution is 0.0958. The molecule has 1 rings (SSSR count). The number of carbonyl (C=O) groups is 1. The van der Waals surface area contributed by atoms with Gasteiger partial charge in [-0.2, -0.15) is 0 Å². The molecule has 1 amide bonds. The van der Waals surface area contributed by atoms with Gasteiger partial charge in [-0.15, -0.1) is 0 Å². The highest BCUT2D eigenvalue weighted by atomic mass is 16.4. The van der Waals surface area contributed by atoms with Gasteiger partial charge in [0.2, 0.25) is 0 Å². The average Bonchev–Trinajstić information content (AvgIpc) is 2.29. The van der Waals surface area contributed by atoms with Crippen LogP contribution in [0.2, 0.25) is 0 Å². The molecule has 0 aromatic heterocycles. The van der Waals surface area contributed by atoms with Crippen LogP contribution in [0.1, 0.15) is 15.9 Å². The van der Waals surface area contributed by atoms with E-state index < -0.39 is 5.91 Å². The van der Waals surface area contributed by atoms with Gasteiger partial charge in [0.05, 0.1) is 6.54 Å². The molecule has 0 spiro atoms. The maximum absolute atomic E-state index is 11.5. The Morgan fingerprint density at radius 1 is 1.56 bits per heavy atom. The number of carbonyl (C=O) groups excluding carboxylic acids is 1. The monoisotopic (exact) mass is 223 g/mol. The third-order valence-corrected chi connectivity index (χ3v) is 2.03.